The SMILES string of the molecule is COc1ccc(C)cc1COC(=O)c1ccc(-c2ccc([N+](=O)[O-])cc2)o1. The van der Waals surface area contributed by atoms with E-state index in [-0.39, 0.29) is 18.1 Å². The molecule has 0 aliphatic heterocycles. The predicted octanol–water partition coefficient (Wildman–Crippen LogP) is 4.53. The smallest absolute Gasteiger partial charge is 0.374 e. The van der Waals surface area contributed by atoms with Crippen LogP contribution in [0.4, 0.5) is 5.69 Å². The summed E-state index contributed by atoms with van der Waals surface area (Å²) >= 11 is 0. The van der Waals surface area contributed by atoms with Gasteiger partial charge in [0.05, 0.1) is 12.0 Å². The zero-order valence-corrected chi connectivity index (χ0v) is 14.8. The molecule has 3 aromatic rings. The van der Waals surface area contributed by atoms with Crippen molar-refractivity contribution in [3.05, 3.63) is 81.6 Å². The molecule has 0 fully saturated rings. The highest BCUT2D eigenvalue weighted by Crippen LogP contribution is 2.25. The number of hydrogen-bond donors (Lipinski definition) is 0. The first-order chi connectivity index (χ1) is 13.0. The number of non-ortho nitro benzene ring substituents is 1. The fourth-order valence-electron chi connectivity index (χ4n) is 2.58. The standard InChI is InChI=1S/C20H17NO6/c1-13-3-8-17(25-2)15(11-13)12-26-20(22)19-10-9-18(27-19)14-4-6-16(7-5-14)21(23)24/h3-11H,12H2,1-2H3. The first-order valence-corrected chi connectivity index (χ1v) is 8.13. The van der Waals surface area contributed by atoms with Gasteiger partial charge in [-0.05, 0) is 43.3 Å². The van der Waals surface area contributed by atoms with Gasteiger partial charge in [-0.1, -0.05) is 11.6 Å². The van der Waals surface area contributed by atoms with Crippen LogP contribution in [0.15, 0.2) is 59.0 Å². The monoisotopic (exact) mass is 367 g/mol. The molecule has 0 spiro atoms. The fraction of sp³-hybridized carbons (Fsp3) is 0.150. The van der Waals surface area contributed by atoms with Gasteiger partial charge < -0.3 is 13.9 Å². The Hall–Kier alpha value is -3.61. The molecule has 138 valence electrons. The molecule has 0 aliphatic rings. The molecule has 0 amide bonds. The van der Waals surface area contributed by atoms with E-state index in [0.29, 0.717) is 17.1 Å². The maximum absolute atomic E-state index is 12.2. The lowest BCUT2D eigenvalue weighted by Crippen LogP contribution is -2.05. The number of aryl methyl sites for hydroxylation is 1. The largest absolute Gasteiger partial charge is 0.496 e. The number of carbonyl (C=O) groups excluding carboxylic acids is 1. The third-order valence-electron chi connectivity index (χ3n) is 3.96. The molecule has 7 heteroatoms. The van der Waals surface area contributed by atoms with Gasteiger partial charge in [0, 0.05) is 23.3 Å². The Labute approximate surface area is 155 Å². The number of benzene rings is 2. The first-order valence-electron chi connectivity index (χ1n) is 8.13. The van der Waals surface area contributed by atoms with Crippen molar-refractivity contribution in [3.8, 4) is 17.1 Å². The minimum atomic E-state index is -0.605. The summed E-state index contributed by atoms with van der Waals surface area (Å²) in [7, 11) is 1.55. The van der Waals surface area contributed by atoms with Crippen molar-refractivity contribution in [3.63, 3.8) is 0 Å². The molecule has 0 saturated carbocycles. The molecule has 0 unspecified atom stereocenters. The lowest BCUT2D eigenvalue weighted by molar-refractivity contribution is -0.384. The minimum absolute atomic E-state index is 0.0166. The van der Waals surface area contributed by atoms with E-state index < -0.39 is 10.9 Å². The van der Waals surface area contributed by atoms with Crippen LogP contribution in [0.25, 0.3) is 11.3 Å². The van der Waals surface area contributed by atoms with Crippen molar-refractivity contribution < 1.29 is 23.6 Å². The third-order valence-corrected chi connectivity index (χ3v) is 3.96. The highest BCUT2D eigenvalue weighted by molar-refractivity contribution is 5.87. The van der Waals surface area contributed by atoms with Crippen LogP contribution in [0, 0.1) is 17.0 Å². The minimum Gasteiger partial charge on any atom is -0.496 e. The van der Waals surface area contributed by atoms with Crippen LogP contribution >= 0.6 is 0 Å². The highest BCUT2D eigenvalue weighted by Gasteiger charge is 2.16. The molecule has 2 aromatic carbocycles. The number of nitrogens with zero attached hydrogens (tertiary/aromatic N) is 1. The van der Waals surface area contributed by atoms with E-state index in [4.69, 9.17) is 13.9 Å². The second-order valence-corrected chi connectivity index (χ2v) is 5.86. The van der Waals surface area contributed by atoms with Crippen LogP contribution in [-0.4, -0.2) is 18.0 Å². The Morgan fingerprint density at radius 3 is 2.52 bits per heavy atom. The zero-order chi connectivity index (χ0) is 19.4. The zero-order valence-electron chi connectivity index (χ0n) is 14.8. The van der Waals surface area contributed by atoms with E-state index in [2.05, 4.69) is 0 Å². The van der Waals surface area contributed by atoms with Crippen LogP contribution in [0.3, 0.4) is 0 Å². The van der Waals surface area contributed by atoms with E-state index in [1.807, 2.05) is 25.1 Å². The van der Waals surface area contributed by atoms with Gasteiger partial charge in [0.25, 0.3) is 5.69 Å². The molecular weight excluding hydrogens is 350 g/mol. The molecular formula is C20H17NO6. The van der Waals surface area contributed by atoms with Crippen molar-refractivity contribution >= 4 is 11.7 Å². The van der Waals surface area contributed by atoms with E-state index >= 15 is 0 Å². The molecule has 0 radical (unpaired) electrons. The Balaban J connectivity index is 1.70. The number of nitro groups is 1. The average molecular weight is 367 g/mol. The topological polar surface area (TPSA) is 91.8 Å². The molecule has 0 bridgehead atoms. The molecule has 0 N–H and O–H groups in total. The summed E-state index contributed by atoms with van der Waals surface area (Å²) in [5.41, 5.74) is 2.39. The van der Waals surface area contributed by atoms with Crippen molar-refractivity contribution in [2.75, 3.05) is 7.11 Å². The van der Waals surface area contributed by atoms with Gasteiger partial charge in [0.15, 0.2) is 0 Å². The Morgan fingerprint density at radius 1 is 1.11 bits per heavy atom. The fourth-order valence-corrected chi connectivity index (χ4v) is 2.58. The normalized spacial score (nSPS) is 10.4. The Morgan fingerprint density at radius 2 is 1.85 bits per heavy atom. The second kappa shape index (κ2) is 7.74. The molecule has 0 atom stereocenters. The lowest BCUT2D eigenvalue weighted by atomic mass is 10.1. The number of rotatable bonds is 6. The van der Waals surface area contributed by atoms with Crippen LogP contribution < -0.4 is 4.74 Å². The summed E-state index contributed by atoms with van der Waals surface area (Å²) in [6.07, 6.45) is 0. The van der Waals surface area contributed by atoms with Gasteiger partial charge in [0.2, 0.25) is 5.76 Å². The van der Waals surface area contributed by atoms with Crippen molar-refractivity contribution in [1.82, 2.24) is 0 Å². The summed E-state index contributed by atoms with van der Waals surface area (Å²) in [5.74, 6) is 0.506. The van der Waals surface area contributed by atoms with Crippen LogP contribution in [-0.2, 0) is 11.3 Å². The van der Waals surface area contributed by atoms with Crippen LogP contribution in [0.1, 0.15) is 21.7 Å². The van der Waals surface area contributed by atoms with Gasteiger partial charge in [-0.15, -0.1) is 0 Å². The molecule has 0 aliphatic carbocycles. The second-order valence-electron chi connectivity index (χ2n) is 5.86. The van der Waals surface area contributed by atoms with Crippen molar-refractivity contribution in [2.45, 2.75) is 13.5 Å². The van der Waals surface area contributed by atoms with Crippen LogP contribution in [0.5, 0.6) is 5.75 Å². The van der Waals surface area contributed by atoms with E-state index in [0.717, 1.165) is 11.1 Å². The molecule has 3 rings (SSSR count). The molecule has 7 nitrogen and oxygen atoms in total. The van der Waals surface area contributed by atoms with E-state index in [9.17, 15) is 14.9 Å². The lowest BCUT2D eigenvalue weighted by Gasteiger charge is -2.09. The maximum atomic E-state index is 12.2. The number of hydrogen-bond acceptors (Lipinski definition) is 6. The summed E-state index contributed by atoms with van der Waals surface area (Å²) in [6.45, 7) is 1.99. The van der Waals surface area contributed by atoms with Gasteiger partial charge in [-0.2, -0.15) is 0 Å². The highest BCUT2D eigenvalue weighted by atomic mass is 16.6. The first kappa shape index (κ1) is 18.2. The number of nitro benzene ring substituents is 1. The Kier molecular flexibility index (Phi) is 5.21. The number of carbonyl (C=O) groups is 1. The number of esters is 1. The molecule has 0 saturated heterocycles. The third kappa shape index (κ3) is 4.14. The summed E-state index contributed by atoms with van der Waals surface area (Å²) in [6, 6.07) is 14.6. The number of ether oxygens (including phenoxy) is 2. The molecule has 27 heavy (non-hydrogen) atoms. The predicted molar refractivity (Wildman–Crippen MR) is 97.6 cm³/mol. The van der Waals surface area contributed by atoms with Gasteiger partial charge in [-0.25, -0.2) is 4.79 Å². The Bertz CT molecular complexity index is 974. The van der Waals surface area contributed by atoms with Gasteiger partial charge in [-0.3, -0.25) is 10.1 Å². The average Bonchev–Trinajstić information content (AvgIpc) is 3.16. The summed E-state index contributed by atoms with van der Waals surface area (Å²) < 4.78 is 16.1. The number of furan rings is 1. The van der Waals surface area contributed by atoms with Crippen molar-refractivity contribution in [1.29, 1.82) is 0 Å². The van der Waals surface area contributed by atoms with Gasteiger partial charge in [0.1, 0.15) is 18.1 Å². The number of methoxy groups -OCH3 is 1. The van der Waals surface area contributed by atoms with E-state index in [1.165, 1.54) is 18.2 Å². The van der Waals surface area contributed by atoms with Crippen molar-refractivity contribution in [2.24, 2.45) is 0 Å². The summed E-state index contributed by atoms with van der Waals surface area (Å²) in [5, 5.41) is 10.7. The maximum Gasteiger partial charge on any atom is 0.374 e. The van der Waals surface area contributed by atoms with Gasteiger partial charge >= 0.3 is 5.97 Å². The van der Waals surface area contributed by atoms with E-state index in [1.54, 1.807) is 25.3 Å². The molecule has 1 aromatic heterocycles. The van der Waals surface area contributed by atoms with Crippen LogP contribution in [0.2, 0.25) is 0 Å². The summed E-state index contributed by atoms with van der Waals surface area (Å²) in [4.78, 5) is 22.5. The quantitative estimate of drug-likeness (QED) is 0.361. The molecule has 1 heterocycles.